The monoisotopic (exact) mass is 324 g/mol. The fourth-order valence-electron chi connectivity index (χ4n) is 2.19. The van der Waals surface area contributed by atoms with Crippen molar-refractivity contribution in [2.45, 2.75) is 19.9 Å². The first-order valence-electron chi connectivity index (χ1n) is 7.62. The van der Waals surface area contributed by atoms with Gasteiger partial charge in [-0.3, -0.25) is 14.6 Å². The molecule has 0 spiro atoms. The number of amides is 2. The second kappa shape index (κ2) is 8.57. The van der Waals surface area contributed by atoms with Gasteiger partial charge in [-0.05, 0) is 29.2 Å². The van der Waals surface area contributed by atoms with Crippen LogP contribution in [0.3, 0.4) is 0 Å². The topological polar surface area (TPSA) is 94.9 Å². The summed E-state index contributed by atoms with van der Waals surface area (Å²) in [6, 6.07) is 9.74. The fourth-order valence-corrected chi connectivity index (χ4v) is 2.19. The molecular formula is C18H20N4O2. The second-order valence-corrected chi connectivity index (χ2v) is 5.40. The average molecular weight is 324 g/mol. The van der Waals surface area contributed by atoms with E-state index in [1.807, 2.05) is 24.3 Å². The molecule has 2 amide bonds. The number of benzene rings is 1. The molecule has 6 heteroatoms. The van der Waals surface area contributed by atoms with E-state index in [9.17, 15) is 9.59 Å². The number of nitrogens with one attached hydrogen (secondary N) is 3. The Morgan fingerprint density at radius 1 is 1.08 bits per heavy atom. The molecule has 0 saturated carbocycles. The number of aromatic nitrogens is 1. The van der Waals surface area contributed by atoms with Crippen LogP contribution in [0.15, 0.2) is 42.7 Å². The highest BCUT2D eigenvalue weighted by molar-refractivity contribution is 5.95. The lowest BCUT2D eigenvalue weighted by Crippen LogP contribution is -2.25. The van der Waals surface area contributed by atoms with Crippen molar-refractivity contribution in [1.29, 1.82) is 5.41 Å². The van der Waals surface area contributed by atoms with Crippen LogP contribution in [0.4, 0.5) is 0 Å². The SMILES string of the molecule is CC(=O)NCc1ccc(Cc2cncc(C(=O)NCC=N)c2)cc1. The Morgan fingerprint density at radius 2 is 1.79 bits per heavy atom. The minimum atomic E-state index is -0.237. The number of carbonyl (C=O) groups is 2. The molecule has 2 aromatic rings. The number of hydrogen-bond donors (Lipinski definition) is 3. The standard InChI is InChI=1S/C18H20N4O2/c1-13(23)22-11-15-4-2-14(3-5-15)8-16-9-17(12-20-10-16)18(24)21-7-6-19/h2-6,9-10,12,19H,7-8,11H2,1H3,(H,21,24)(H,22,23). The molecule has 0 bridgehead atoms. The van der Waals surface area contributed by atoms with E-state index in [1.165, 1.54) is 13.1 Å². The second-order valence-electron chi connectivity index (χ2n) is 5.40. The van der Waals surface area contributed by atoms with E-state index >= 15 is 0 Å². The summed E-state index contributed by atoms with van der Waals surface area (Å²) in [6.45, 7) is 2.21. The molecular weight excluding hydrogens is 304 g/mol. The maximum absolute atomic E-state index is 11.9. The molecule has 2 rings (SSSR count). The Morgan fingerprint density at radius 3 is 2.46 bits per heavy atom. The summed E-state index contributed by atoms with van der Waals surface area (Å²) in [5, 5.41) is 12.3. The van der Waals surface area contributed by atoms with E-state index in [1.54, 1.807) is 12.3 Å². The van der Waals surface area contributed by atoms with Gasteiger partial charge in [0, 0.05) is 32.1 Å². The molecule has 0 fully saturated rings. The van der Waals surface area contributed by atoms with Gasteiger partial charge in [-0.2, -0.15) is 0 Å². The molecule has 0 unspecified atom stereocenters. The first-order chi connectivity index (χ1) is 11.6. The zero-order chi connectivity index (χ0) is 17.4. The minimum absolute atomic E-state index is 0.0525. The lowest BCUT2D eigenvalue weighted by atomic mass is 10.0. The van der Waals surface area contributed by atoms with Gasteiger partial charge < -0.3 is 16.0 Å². The molecule has 0 radical (unpaired) electrons. The first-order valence-corrected chi connectivity index (χ1v) is 7.62. The molecule has 3 N–H and O–H groups in total. The highest BCUT2D eigenvalue weighted by Gasteiger charge is 2.06. The molecule has 0 aliphatic rings. The van der Waals surface area contributed by atoms with Crippen molar-refractivity contribution < 1.29 is 9.59 Å². The van der Waals surface area contributed by atoms with Crippen LogP contribution < -0.4 is 10.6 Å². The number of hydrogen-bond acceptors (Lipinski definition) is 4. The van der Waals surface area contributed by atoms with E-state index in [0.717, 1.165) is 22.9 Å². The van der Waals surface area contributed by atoms with Crippen molar-refractivity contribution in [2.75, 3.05) is 6.54 Å². The predicted molar refractivity (Wildman–Crippen MR) is 92.1 cm³/mol. The summed E-state index contributed by atoms with van der Waals surface area (Å²) in [5.41, 5.74) is 3.55. The van der Waals surface area contributed by atoms with Crippen molar-refractivity contribution in [3.05, 3.63) is 65.0 Å². The molecule has 1 aromatic carbocycles. The Bertz CT molecular complexity index is 726. The summed E-state index contributed by atoms with van der Waals surface area (Å²) in [5.74, 6) is -0.290. The highest BCUT2D eigenvalue weighted by atomic mass is 16.2. The number of pyridine rings is 1. The zero-order valence-corrected chi connectivity index (χ0v) is 13.5. The normalized spacial score (nSPS) is 10.0. The summed E-state index contributed by atoms with van der Waals surface area (Å²) < 4.78 is 0. The third-order valence-corrected chi connectivity index (χ3v) is 3.39. The Balaban J connectivity index is 2.01. The van der Waals surface area contributed by atoms with E-state index in [0.29, 0.717) is 18.5 Å². The number of rotatable bonds is 7. The zero-order valence-electron chi connectivity index (χ0n) is 13.5. The number of nitrogens with zero attached hydrogens (tertiary/aromatic N) is 1. The molecule has 0 atom stereocenters. The van der Waals surface area contributed by atoms with Crippen molar-refractivity contribution in [3.8, 4) is 0 Å². The quantitative estimate of drug-likeness (QED) is 0.676. The minimum Gasteiger partial charge on any atom is -0.352 e. The lowest BCUT2D eigenvalue weighted by molar-refractivity contribution is -0.119. The molecule has 0 aliphatic heterocycles. The maximum atomic E-state index is 11.9. The van der Waals surface area contributed by atoms with E-state index in [4.69, 9.17) is 5.41 Å². The summed E-state index contributed by atoms with van der Waals surface area (Å²) >= 11 is 0. The summed E-state index contributed by atoms with van der Waals surface area (Å²) in [6.07, 6.45) is 5.05. The van der Waals surface area contributed by atoms with Crippen molar-refractivity contribution in [1.82, 2.24) is 15.6 Å². The highest BCUT2D eigenvalue weighted by Crippen LogP contribution is 2.12. The number of carbonyl (C=O) groups excluding carboxylic acids is 2. The summed E-state index contributed by atoms with van der Waals surface area (Å²) in [4.78, 5) is 26.9. The maximum Gasteiger partial charge on any atom is 0.253 e. The molecule has 24 heavy (non-hydrogen) atoms. The molecule has 6 nitrogen and oxygen atoms in total. The molecule has 1 aromatic heterocycles. The third-order valence-electron chi connectivity index (χ3n) is 3.39. The van der Waals surface area contributed by atoms with Gasteiger partial charge in [0.25, 0.3) is 5.91 Å². The van der Waals surface area contributed by atoms with Gasteiger partial charge in [0.05, 0.1) is 12.1 Å². The van der Waals surface area contributed by atoms with Crippen molar-refractivity contribution in [3.63, 3.8) is 0 Å². The molecule has 124 valence electrons. The van der Waals surface area contributed by atoms with Crippen LogP contribution >= 0.6 is 0 Å². The van der Waals surface area contributed by atoms with Gasteiger partial charge in [-0.1, -0.05) is 24.3 Å². The van der Waals surface area contributed by atoms with E-state index in [2.05, 4.69) is 15.6 Å². The van der Waals surface area contributed by atoms with Crippen LogP contribution in [-0.4, -0.2) is 29.6 Å². The van der Waals surface area contributed by atoms with Crippen molar-refractivity contribution in [2.24, 2.45) is 0 Å². The average Bonchev–Trinajstić information content (AvgIpc) is 2.59. The first kappa shape index (κ1) is 17.3. The van der Waals surface area contributed by atoms with Gasteiger partial charge in [-0.25, -0.2) is 0 Å². The molecule has 1 heterocycles. The Labute approximate surface area is 140 Å². The smallest absolute Gasteiger partial charge is 0.253 e. The Hall–Kier alpha value is -3.02. The van der Waals surface area contributed by atoms with Crippen LogP contribution in [0.5, 0.6) is 0 Å². The van der Waals surface area contributed by atoms with Crippen molar-refractivity contribution >= 4 is 18.0 Å². The van der Waals surface area contributed by atoms with Crippen LogP contribution in [0.25, 0.3) is 0 Å². The van der Waals surface area contributed by atoms with Gasteiger partial charge >= 0.3 is 0 Å². The lowest BCUT2D eigenvalue weighted by Gasteiger charge is -2.07. The molecule has 0 saturated heterocycles. The van der Waals surface area contributed by atoms with Crippen LogP contribution in [0.2, 0.25) is 0 Å². The largest absolute Gasteiger partial charge is 0.352 e. The fraction of sp³-hybridized carbons (Fsp3) is 0.222. The van der Waals surface area contributed by atoms with Crippen LogP contribution in [0.1, 0.15) is 34.0 Å². The van der Waals surface area contributed by atoms with Gasteiger partial charge in [0.15, 0.2) is 0 Å². The van der Waals surface area contributed by atoms with Gasteiger partial charge in [0.1, 0.15) is 0 Å². The third kappa shape index (κ3) is 5.31. The van der Waals surface area contributed by atoms with E-state index < -0.39 is 0 Å². The van der Waals surface area contributed by atoms with Gasteiger partial charge in [0.2, 0.25) is 5.91 Å². The molecule has 0 aliphatic carbocycles. The van der Waals surface area contributed by atoms with Gasteiger partial charge in [-0.15, -0.1) is 0 Å². The van der Waals surface area contributed by atoms with Crippen LogP contribution in [-0.2, 0) is 17.8 Å². The van der Waals surface area contributed by atoms with E-state index in [-0.39, 0.29) is 18.4 Å². The summed E-state index contributed by atoms with van der Waals surface area (Å²) in [7, 11) is 0. The Kier molecular flexibility index (Phi) is 6.19. The predicted octanol–water partition coefficient (Wildman–Crippen LogP) is 1.69. The van der Waals surface area contributed by atoms with Crippen LogP contribution in [0, 0.1) is 5.41 Å².